The van der Waals surface area contributed by atoms with Crippen LogP contribution in [0, 0.1) is 0 Å². The summed E-state index contributed by atoms with van der Waals surface area (Å²) in [6.45, 7) is 2.41. The van der Waals surface area contributed by atoms with Crippen LogP contribution in [0.3, 0.4) is 0 Å². The van der Waals surface area contributed by atoms with Gasteiger partial charge in [0.2, 0.25) is 0 Å². The van der Waals surface area contributed by atoms with E-state index >= 15 is 0 Å². The molecule has 6 heteroatoms. The van der Waals surface area contributed by atoms with Crippen molar-refractivity contribution < 1.29 is 0 Å². The summed E-state index contributed by atoms with van der Waals surface area (Å²) >= 11 is 10.9. The summed E-state index contributed by atoms with van der Waals surface area (Å²) in [6.07, 6.45) is 0.971. The van der Waals surface area contributed by atoms with Crippen LogP contribution in [0.15, 0.2) is 103 Å². The normalized spacial score (nSPS) is 18.3. The van der Waals surface area contributed by atoms with Crippen molar-refractivity contribution in [3.63, 3.8) is 0 Å². The third kappa shape index (κ3) is 4.03. The molecule has 4 aromatic carbocycles. The van der Waals surface area contributed by atoms with Gasteiger partial charge in [0.25, 0.3) is 66.0 Å². The summed E-state index contributed by atoms with van der Waals surface area (Å²) < 4.78 is 3.99. The standard InChI is InChI=1S/C28H22N2.4Al/c1-27(20-7-3-2-4-8-20)19-28(21-11-15-23(29)16-12-21,22-13-17-24(30)18-14-22)26-10-6-5-9-25(26)27;;;;/h2-18H,19H2,1H3;;;;. The fraction of sp³-hybridized carbons (Fsp3) is 0.143. The zero-order valence-electron chi connectivity index (χ0n) is 19.2. The summed E-state index contributed by atoms with van der Waals surface area (Å²) in [6, 6.07) is 38.0. The lowest BCUT2D eigenvalue weighted by Crippen LogP contribution is -2.30. The first-order valence-corrected chi connectivity index (χ1v) is 13.4. The topological polar surface area (TPSA) is 6.48 Å². The molecule has 0 saturated heterocycles. The molecule has 0 N–H and O–H groups in total. The minimum absolute atomic E-state index is 0.101. The van der Waals surface area contributed by atoms with E-state index in [0.717, 1.165) is 17.8 Å². The highest BCUT2D eigenvalue weighted by atomic mass is 27.1. The van der Waals surface area contributed by atoms with Gasteiger partial charge in [-0.25, -0.2) is 0 Å². The van der Waals surface area contributed by atoms with Crippen LogP contribution in [0.2, 0.25) is 0 Å². The number of anilines is 2. The molecule has 5 rings (SSSR count). The van der Waals surface area contributed by atoms with E-state index in [1.807, 2.05) is 5.73 Å². The van der Waals surface area contributed by atoms with E-state index in [4.69, 9.17) is 0 Å². The van der Waals surface area contributed by atoms with Crippen LogP contribution in [-0.4, -0.2) is 66.0 Å². The van der Waals surface area contributed by atoms with Gasteiger partial charge >= 0.3 is 0 Å². The third-order valence-electron chi connectivity index (χ3n) is 7.33. The smallest absolute Gasteiger partial charge is 0.277 e. The Morgan fingerprint density at radius 3 is 1.44 bits per heavy atom. The second-order valence-corrected chi connectivity index (χ2v) is 12.7. The van der Waals surface area contributed by atoms with Crippen molar-refractivity contribution in [2.45, 2.75) is 24.2 Å². The van der Waals surface area contributed by atoms with Gasteiger partial charge in [-0.1, -0.05) is 85.8 Å². The Kier molecular flexibility index (Phi) is 6.85. The second-order valence-electron chi connectivity index (χ2n) is 9.23. The molecular weight excluding hydrogens is 472 g/mol. The largest absolute Gasteiger partial charge is 0.587 e. The lowest BCUT2D eigenvalue weighted by Gasteiger charge is -2.36. The van der Waals surface area contributed by atoms with Crippen molar-refractivity contribution in [3.05, 3.63) is 131 Å². The molecule has 0 saturated carbocycles. The molecule has 0 bridgehead atoms. The SMILES string of the molecule is CC1(c2ccccc2)CC(c2ccc([N]([Al])[Al])cc2)(c2ccc([N]([Al])[Al])cc2)c2ccccc21. The fourth-order valence-corrected chi connectivity index (χ4v) is 6.33. The highest BCUT2D eigenvalue weighted by molar-refractivity contribution is 6.42. The predicted molar refractivity (Wildman–Crippen MR) is 145 cm³/mol. The summed E-state index contributed by atoms with van der Waals surface area (Å²) in [7, 11) is 0. The number of hydrogen-bond acceptors (Lipinski definition) is 2. The first kappa shape index (κ1) is 24.3. The summed E-state index contributed by atoms with van der Waals surface area (Å²) in [5.74, 6) is 0. The van der Waals surface area contributed by atoms with Crippen LogP contribution in [0.25, 0.3) is 0 Å². The highest BCUT2D eigenvalue weighted by Gasteiger charge is 2.52. The monoisotopic (exact) mass is 494 g/mol. The molecular formula is C28H22Al4N2. The molecule has 1 unspecified atom stereocenters. The Hall–Kier alpha value is -1.39. The van der Waals surface area contributed by atoms with Crippen LogP contribution < -0.4 is 5.73 Å². The van der Waals surface area contributed by atoms with Gasteiger partial charge in [0, 0.05) is 10.8 Å². The van der Waals surface area contributed by atoms with Gasteiger partial charge in [0.05, 0.1) is 0 Å². The van der Waals surface area contributed by atoms with E-state index in [-0.39, 0.29) is 10.8 Å². The number of nitrogens with zero attached hydrogens (tertiary/aromatic N) is 2. The molecule has 34 heavy (non-hydrogen) atoms. The molecule has 0 aromatic heterocycles. The van der Waals surface area contributed by atoms with E-state index < -0.39 is 0 Å². The first-order chi connectivity index (χ1) is 16.4. The lowest BCUT2D eigenvalue weighted by molar-refractivity contribution is 0.473. The van der Waals surface area contributed by atoms with E-state index in [0.29, 0.717) is 0 Å². The van der Waals surface area contributed by atoms with Crippen LogP contribution in [0.5, 0.6) is 0 Å². The van der Waals surface area contributed by atoms with Crippen molar-refractivity contribution in [1.82, 2.24) is 0 Å². The Labute approximate surface area is 236 Å². The summed E-state index contributed by atoms with van der Waals surface area (Å²) in [5, 5.41) is 0. The Balaban J connectivity index is 1.78. The minimum atomic E-state index is -0.253. The van der Waals surface area contributed by atoms with Crippen molar-refractivity contribution in [3.8, 4) is 0 Å². The molecule has 0 heterocycles. The van der Waals surface area contributed by atoms with Gasteiger partial charge < -0.3 is 5.73 Å². The average molecular weight is 494 g/mol. The van der Waals surface area contributed by atoms with Gasteiger partial charge in [0.15, 0.2) is 0 Å². The van der Waals surface area contributed by atoms with Crippen molar-refractivity contribution in [1.29, 1.82) is 0 Å². The average Bonchev–Trinajstić information content (AvgIpc) is 3.16. The van der Waals surface area contributed by atoms with Crippen LogP contribution in [-0.2, 0) is 10.8 Å². The van der Waals surface area contributed by atoms with Crippen molar-refractivity contribution in [2.75, 3.05) is 5.73 Å². The molecule has 2 nitrogen and oxygen atoms in total. The van der Waals surface area contributed by atoms with E-state index in [2.05, 4.69) is 176 Å². The van der Waals surface area contributed by atoms with Gasteiger partial charge in [-0.2, -0.15) is 0 Å². The maximum atomic E-state index is 2.71. The molecule has 0 spiro atoms. The van der Waals surface area contributed by atoms with Crippen molar-refractivity contribution in [2.24, 2.45) is 0 Å². The van der Waals surface area contributed by atoms with E-state index in [1.165, 1.54) is 27.8 Å². The van der Waals surface area contributed by atoms with Gasteiger partial charge in [-0.3, -0.25) is 0 Å². The van der Waals surface area contributed by atoms with Crippen molar-refractivity contribution >= 4 is 77.4 Å². The zero-order valence-corrected chi connectivity index (χ0v) is 23.8. The quantitative estimate of drug-likeness (QED) is 0.372. The Bertz CT molecular complexity index is 1240. The first-order valence-electron chi connectivity index (χ1n) is 11.3. The van der Waals surface area contributed by atoms with Crippen LogP contribution in [0.1, 0.15) is 41.2 Å². The maximum Gasteiger partial charge on any atom is 0.277 e. The second kappa shape index (κ2) is 9.58. The van der Waals surface area contributed by atoms with E-state index in [1.54, 1.807) is 0 Å². The number of fused-ring (bicyclic) bond motifs is 1. The lowest BCUT2D eigenvalue weighted by atomic mass is 9.67. The molecule has 4 aromatic rings. The third-order valence-corrected chi connectivity index (χ3v) is 8.52. The Morgan fingerprint density at radius 2 is 0.971 bits per heavy atom. The molecule has 0 aliphatic heterocycles. The molecule has 0 fully saturated rings. The molecule has 0 amide bonds. The maximum absolute atomic E-state index is 2.71. The molecule has 1 aliphatic carbocycles. The number of rotatable bonds is 5. The molecule has 1 aliphatic rings. The molecule has 8 radical (unpaired) electrons. The Morgan fingerprint density at radius 1 is 0.529 bits per heavy atom. The predicted octanol–water partition coefficient (Wildman–Crippen LogP) is 4.68. The fourth-order valence-electron chi connectivity index (χ4n) is 5.64. The highest BCUT2D eigenvalue weighted by Crippen LogP contribution is 2.58. The summed E-state index contributed by atoms with van der Waals surface area (Å²) in [5.41, 5.74) is 8.73. The minimum Gasteiger partial charge on any atom is -0.587 e. The van der Waals surface area contributed by atoms with Gasteiger partial charge in [-0.15, -0.1) is 0 Å². The van der Waals surface area contributed by atoms with Gasteiger partial charge in [0.1, 0.15) is 0 Å². The van der Waals surface area contributed by atoms with Gasteiger partial charge in [-0.05, 0) is 69.9 Å². The zero-order chi connectivity index (χ0) is 23.9. The number of benzene rings is 4. The van der Waals surface area contributed by atoms with Crippen LogP contribution in [0.4, 0.5) is 11.4 Å². The molecule has 1 atom stereocenters. The molecule has 156 valence electrons. The summed E-state index contributed by atoms with van der Waals surface area (Å²) in [4.78, 5) is 0. The number of hydrogen-bond donors (Lipinski definition) is 0. The van der Waals surface area contributed by atoms with Crippen LogP contribution >= 0.6 is 0 Å². The van der Waals surface area contributed by atoms with E-state index in [9.17, 15) is 0 Å².